The summed E-state index contributed by atoms with van der Waals surface area (Å²) in [5, 5.41) is 2.83. The number of para-hydroxylation sites is 2. The fourth-order valence-corrected chi connectivity index (χ4v) is 4.18. The number of nitrogens with one attached hydrogen (secondary N) is 1. The molecule has 190 valence electrons. The molecule has 0 aliphatic carbocycles. The Morgan fingerprint density at radius 1 is 1.17 bits per heavy atom. The molecule has 2 heterocycles. The number of aromatic nitrogens is 2. The molecule has 1 aliphatic rings. The van der Waals surface area contributed by atoms with Gasteiger partial charge in [0.1, 0.15) is 11.8 Å². The monoisotopic (exact) mass is 540 g/mol. The number of ether oxygens (including phenoxy) is 1. The molecule has 0 unspecified atom stereocenters. The summed E-state index contributed by atoms with van der Waals surface area (Å²) in [6, 6.07) is 8.93. The number of carbonyl (C=O) groups is 1. The van der Waals surface area contributed by atoms with Gasteiger partial charge in [0.25, 0.3) is 11.5 Å². The van der Waals surface area contributed by atoms with Gasteiger partial charge in [-0.05, 0) is 43.7 Å². The first-order valence-corrected chi connectivity index (χ1v) is 11.6. The van der Waals surface area contributed by atoms with E-state index in [1.807, 2.05) is 0 Å². The van der Waals surface area contributed by atoms with Crippen LogP contribution in [0.1, 0.15) is 28.5 Å². The number of alkyl halides is 3. The topological polar surface area (TPSA) is 76.5 Å². The van der Waals surface area contributed by atoms with E-state index < -0.39 is 17.8 Å². The maximum Gasteiger partial charge on any atom is 0.408 e. The van der Waals surface area contributed by atoms with Crippen molar-refractivity contribution in [2.75, 3.05) is 19.0 Å². The van der Waals surface area contributed by atoms with Crippen LogP contribution in [0.15, 0.2) is 47.3 Å². The minimum Gasteiger partial charge on any atom is -0.495 e. The van der Waals surface area contributed by atoms with E-state index in [-0.39, 0.29) is 53.5 Å². The van der Waals surface area contributed by atoms with Gasteiger partial charge in [0.05, 0.1) is 35.1 Å². The summed E-state index contributed by atoms with van der Waals surface area (Å²) in [7, 11) is 1.40. The highest BCUT2D eigenvalue weighted by Gasteiger charge is 2.37. The Balaban J connectivity index is 1.79. The third-order valence-corrected chi connectivity index (χ3v) is 6.59. The highest BCUT2D eigenvalue weighted by atomic mass is 35.5. The minimum atomic E-state index is -4.59. The van der Waals surface area contributed by atoms with Gasteiger partial charge in [-0.1, -0.05) is 35.3 Å². The summed E-state index contributed by atoms with van der Waals surface area (Å²) in [5.41, 5.74) is 0.515. The molecule has 1 amide bonds. The number of methoxy groups -OCH3 is 1. The molecule has 0 saturated carbocycles. The highest BCUT2D eigenvalue weighted by Crippen LogP contribution is 2.29. The summed E-state index contributed by atoms with van der Waals surface area (Å²) in [5.74, 6) is -0.388. The Kier molecular flexibility index (Phi) is 7.19. The molecule has 4 rings (SSSR count). The normalized spacial score (nSPS) is 14.2. The zero-order valence-corrected chi connectivity index (χ0v) is 20.7. The van der Waals surface area contributed by atoms with Crippen molar-refractivity contribution in [2.45, 2.75) is 32.1 Å². The molecule has 36 heavy (non-hydrogen) atoms. The first-order valence-electron chi connectivity index (χ1n) is 10.9. The van der Waals surface area contributed by atoms with Gasteiger partial charge in [0, 0.05) is 17.7 Å². The van der Waals surface area contributed by atoms with Gasteiger partial charge >= 0.3 is 6.18 Å². The Labute approximate surface area is 214 Å². The van der Waals surface area contributed by atoms with Crippen molar-refractivity contribution in [3.63, 3.8) is 0 Å². The van der Waals surface area contributed by atoms with E-state index in [0.29, 0.717) is 16.1 Å². The van der Waals surface area contributed by atoms with Crippen molar-refractivity contribution in [1.29, 1.82) is 0 Å². The van der Waals surface area contributed by atoms with Gasteiger partial charge in [-0.15, -0.1) is 0 Å². The third-order valence-electron chi connectivity index (χ3n) is 5.85. The SMILES string of the molecule is COc1ccccc1-n1c(N[C@@H](C)C(F)(F)F)nc2c(c1=O)CCN(C(=O)c1ccc(Cl)c(Cl)c1)C2. The van der Waals surface area contributed by atoms with E-state index in [1.54, 1.807) is 24.3 Å². The standard InChI is InChI=1S/C24H21Cl2F3N4O3/c1-13(24(27,28)29)30-23-31-18-12-32(21(34)14-7-8-16(25)17(26)11-14)10-9-15(18)22(35)33(23)19-5-3-4-6-20(19)36-2/h3-8,11,13H,9-10,12H2,1-2H3,(H,30,31)/t13-/m0/s1. The number of anilines is 1. The van der Waals surface area contributed by atoms with Crippen LogP contribution in [0, 0.1) is 0 Å². The molecule has 0 bridgehead atoms. The van der Waals surface area contributed by atoms with Crippen LogP contribution in [-0.2, 0) is 13.0 Å². The van der Waals surface area contributed by atoms with E-state index in [2.05, 4.69) is 10.3 Å². The van der Waals surface area contributed by atoms with Gasteiger partial charge in [-0.3, -0.25) is 9.59 Å². The van der Waals surface area contributed by atoms with Gasteiger partial charge in [0.2, 0.25) is 5.95 Å². The molecular formula is C24H21Cl2F3N4O3. The Morgan fingerprint density at radius 2 is 1.89 bits per heavy atom. The van der Waals surface area contributed by atoms with Crippen molar-refractivity contribution in [1.82, 2.24) is 14.5 Å². The van der Waals surface area contributed by atoms with Crippen LogP contribution < -0.4 is 15.6 Å². The van der Waals surface area contributed by atoms with Crippen LogP contribution in [-0.4, -0.2) is 46.2 Å². The second-order valence-corrected chi connectivity index (χ2v) is 9.00. The van der Waals surface area contributed by atoms with Gasteiger partial charge in [-0.25, -0.2) is 9.55 Å². The molecule has 0 saturated heterocycles. The largest absolute Gasteiger partial charge is 0.495 e. The van der Waals surface area contributed by atoms with Crippen LogP contribution in [0.5, 0.6) is 5.75 Å². The number of hydrogen-bond acceptors (Lipinski definition) is 5. The summed E-state index contributed by atoms with van der Waals surface area (Å²) < 4.78 is 46.6. The number of rotatable bonds is 5. The first-order chi connectivity index (χ1) is 17.0. The van der Waals surface area contributed by atoms with Crippen LogP contribution in [0.3, 0.4) is 0 Å². The van der Waals surface area contributed by atoms with Gasteiger partial charge in [-0.2, -0.15) is 13.2 Å². The van der Waals surface area contributed by atoms with Crippen LogP contribution in [0.25, 0.3) is 5.69 Å². The molecule has 3 aromatic rings. The van der Waals surface area contributed by atoms with Crippen molar-refractivity contribution in [2.24, 2.45) is 0 Å². The van der Waals surface area contributed by atoms with E-state index in [0.717, 1.165) is 11.5 Å². The van der Waals surface area contributed by atoms with E-state index in [4.69, 9.17) is 27.9 Å². The Morgan fingerprint density at radius 3 is 2.56 bits per heavy atom. The molecule has 0 radical (unpaired) electrons. The van der Waals surface area contributed by atoms with Gasteiger partial charge < -0.3 is 15.0 Å². The zero-order valence-electron chi connectivity index (χ0n) is 19.2. The summed E-state index contributed by atoms with van der Waals surface area (Å²) in [6.45, 7) is 1.07. The lowest BCUT2D eigenvalue weighted by Crippen LogP contribution is -2.42. The molecule has 1 atom stereocenters. The smallest absolute Gasteiger partial charge is 0.408 e. The molecule has 12 heteroatoms. The number of benzene rings is 2. The van der Waals surface area contributed by atoms with Crippen molar-refractivity contribution < 1.29 is 22.7 Å². The third kappa shape index (κ3) is 5.01. The maximum atomic E-state index is 13.6. The second kappa shape index (κ2) is 10.0. The van der Waals surface area contributed by atoms with E-state index >= 15 is 0 Å². The van der Waals surface area contributed by atoms with Crippen molar-refractivity contribution >= 4 is 35.1 Å². The molecule has 1 aromatic heterocycles. The molecule has 7 nitrogen and oxygen atoms in total. The molecule has 1 N–H and O–H groups in total. The number of carbonyl (C=O) groups excluding carboxylic acids is 1. The first kappa shape index (κ1) is 25.8. The lowest BCUT2D eigenvalue weighted by atomic mass is 10.0. The minimum absolute atomic E-state index is 0.0640. The van der Waals surface area contributed by atoms with E-state index in [1.165, 1.54) is 30.2 Å². The summed E-state index contributed by atoms with van der Waals surface area (Å²) in [4.78, 5) is 32.5. The number of amides is 1. The molecule has 2 aromatic carbocycles. The number of halogens is 5. The van der Waals surface area contributed by atoms with E-state index in [9.17, 15) is 22.8 Å². The van der Waals surface area contributed by atoms with Crippen molar-refractivity contribution in [3.8, 4) is 11.4 Å². The fraction of sp³-hybridized carbons (Fsp3) is 0.292. The number of fused-ring (bicyclic) bond motifs is 1. The molecule has 0 fully saturated rings. The maximum absolute atomic E-state index is 13.6. The zero-order chi connectivity index (χ0) is 26.2. The summed E-state index contributed by atoms with van der Waals surface area (Å²) in [6.07, 6.45) is -4.42. The molecule has 1 aliphatic heterocycles. The summed E-state index contributed by atoms with van der Waals surface area (Å²) >= 11 is 12.0. The number of hydrogen-bond donors (Lipinski definition) is 1. The van der Waals surface area contributed by atoms with Crippen LogP contribution in [0.4, 0.5) is 19.1 Å². The van der Waals surface area contributed by atoms with Crippen molar-refractivity contribution in [3.05, 3.63) is 79.7 Å². The lowest BCUT2D eigenvalue weighted by Gasteiger charge is -2.30. The second-order valence-electron chi connectivity index (χ2n) is 8.19. The van der Waals surface area contributed by atoms with Crippen LogP contribution in [0.2, 0.25) is 10.0 Å². The lowest BCUT2D eigenvalue weighted by molar-refractivity contribution is -0.138. The Bertz CT molecular complexity index is 1380. The predicted molar refractivity (Wildman–Crippen MR) is 130 cm³/mol. The average Bonchev–Trinajstić information content (AvgIpc) is 2.84. The fourth-order valence-electron chi connectivity index (χ4n) is 3.88. The number of nitrogens with zero attached hydrogens (tertiary/aromatic N) is 3. The van der Waals surface area contributed by atoms with Crippen LogP contribution >= 0.6 is 23.2 Å². The quantitative estimate of drug-likeness (QED) is 0.486. The molecule has 0 spiro atoms. The predicted octanol–water partition coefficient (Wildman–Crippen LogP) is 5.11. The Hall–Kier alpha value is -3.24. The highest BCUT2D eigenvalue weighted by molar-refractivity contribution is 6.42. The average molecular weight is 541 g/mol. The van der Waals surface area contributed by atoms with Gasteiger partial charge in [0.15, 0.2) is 0 Å². The molecular weight excluding hydrogens is 520 g/mol.